The van der Waals surface area contributed by atoms with Crippen LogP contribution in [-0.4, -0.2) is 36.8 Å². The lowest BCUT2D eigenvalue weighted by atomic mass is 9.87. The van der Waals surface area contributed by atoms with E-state index in [1.54, 1.807) is 0 Å². The Hall–Kier alpha value is -0.610. The molecule has 0 atom stereocenters. The molecule has 0 unspecified atom stereocenters. The fourth-order valence-electron chi connectivity index (χ4n) is 2.14. The molecule has 4 nitrogen and oxygen atoms in total. The molecule has 16 heavy (non-hydrogen) atoms. The van der Waals surface area contributed by atoms with Gasteiger partial charge in [0.05, 0.1) is 6.10 Å². The lowest BCUT2D eigenvalue weighted by Crippen LogP contribution is -2.31. The molecule has 0 aromatic heterocycles. The minimum Gasteiger partial charge on any atom is -0.393 e. The van der Waals surface area contributed by atoms with Crippen molar-refractivity contribution in [2.45, 2.75) is 45.1 Å². The first kappa shape index (κ1) is 13.5. The van der Waals surface area contributed by atoms with Crippen molar-refractivity contribution in [1.82, 2.24) is 10.6 Å². The number of amides is 1. The van der Waals surface area contributed by atoms with Crippen molar-refractivity contribution >= 4 is 5.91 Å². The minimum absolute atomic E-state index is 0.0772. The van der Waals surface area contributed by atoms with Crippen LogP contribution in [-0.2, 0) is 4.79 Å². The number of rotatable bonds is 6. The zero-order valence-electron chi connectivity index (χ0n) is 10.2. The van der Waals surface area contributed by atoms with Crippen LogP contribution in [0.2, 0.25) is 0 Å². The number of hydrogen-bond acceptors (Lipinski definition) is 3. The molecule has 0 spiro atoms. The van der Waals surface area contributed by atoms with Gasteiger partial charge in [0, 0.05) is 19.5 Å². The average Bonchev–Trinajstić information content (AvgIpc) is 2.27. The summed E-state index contributed by atoms with van der Waals surface area (Å²) in [6, 6.07) is 0. The molecule has 0 bridgehead atoms. The molecular weight excluding hydrogens is 204 g/mol. The molecule has 0 aromatic rings. The van der Waals surface area contributed by atoms with Gasteiger partial charge in [-0.05, 0) is 45.1 Å². The van der Waals surface area contributed by atoms with E-state index in [1.165, 1.54) is 0 Å². The van der Waals surface area contributed by atoms with Crippen molar-refractivity contribution in [3.05, 3.63) is 0 Å². The molecule has 0 aromatic carbocycles. The van der Waals surface area contributed by atoms with Crippen molar-refractivity contribution < 1.29 is 9.90 Å². The normalized spacial score (nSPS) is 25.4. The molecule has 1 amide bonds. The van der Waals surface area contributed by atoms with Crippen molar-refractivity contribution in [2.24, 2.45) is 5.92 Å². The van der Waals surface area contributed by atoms with Crippen LogP contribution in [0, 0.1) is 5.92 Å². The summed E-state index contributed by atoms with van der Waals surface area (Å²) in [5.74, 6) is 0.798. The Morgan fingerprint density at radius 3 is 2.62 bits per heavy atom. The molecule has 0 heterocycles. The molecule has 1 fully saturated rings. The Labute approximate surface area is 97.8 Å². The van der Waals surface area contributed by atoms with E-state index in [0.717, 1.165) is 38.8 Å². The van der Waals surface area contributed by atoms with Gasteiger partial charge in [0.15, 0.2) is 0 Å². The lowest BCUT2D eigenvalue weighted by molar-refractivity contribution is -0.120. The summed E-state index contributed by atoms with van der Waals surface area (Å²) in [6.45, 7) is 4.37. The van der Waals surface area contributed by atoms with Gasteiger partial charge >= 0.3 is 0 Å². The first-order chi connectivity index (χ1) is 7.72. The van der Waals surface area contributed by atoms with Gasteiger partial charge in [-0.1, -0.05) is 0 Å². The number of hydrogen-bond donors (Lipinski definition) is 3. The van der Waals surface area contributed by atoms with Crippen LogP contribution in [0.25, 0.3) is 0 Å². The Bertz CT molecular complexity index is 201. The minimum atomic E-state index is -0.0772. The molecule has 1 aliphatic rings. The molecule has 0 aliphatic heterocycles. The maximum Gasteiger partial charge on any atom is 0.221 e. The van der Waals surface area contributed by atoms with Gasteiger partial charge in [0.2, 0.25) is 5.91 Å². The van der Waals surface area contributed by atoms with Crippen molar-refractivity contribution in [2.75, 3.05) is 19.6 Å². The Balaban J connectivity index is 1.97. The van der Waals surface area contributed by atoms with E-state index in [1.807, 2.05) is 6.92 Å². The Morgan fingerprint density at radius 2 is 2.00 bits per heavy atom. The summed E-state index contributed by atoms with van der Waals surface area (Å²) in [5.41, 5.74) is 0. The topological polar surface area (TPSA) is 61.4 Å². The highest BCUT2D eigenvalue weighted by atomic mass is 16.3. The number of carbonyl (C=O) groups excluding carboxylic acids is 1. The molecule has 4 heteroatoms. The van der Waals surface area contributed by atoms with E-state index in [4.69, 9.17) is 0 Å². The van der Waals surface area contributed by atoms with Gasteiger partial charge in [-0.3, -0.25) is 4.79 Å². The highest BCUT2D eigenvalue weighted by Gasteiger charge is 2.18. The lowest BCUT2D eigenvalue weighted by Gasteiger charge is -2.25. The molecule has 0 radical (unpaired) electrons. The second kappa shape index (κ2) is 7.63. The first-order valence-corrected chi connectivity index (χ1v) is 6.37. The highest BCUT2D eigenvalue weighted by molar-refractivity contribution is 5.75. The molecule has 1 aliphatic carbocycles. The largest absolute Gasteiger partial charge is 0.393 e. The number of nitrogens with one attached hydrogen (secondary N) is 2. The van der Waals surface area contributed by atoms with Crippen LogP contribution in [0.15, 0.2) is 0 Å². The third-order valence-corrected chi connectivity index (χ3v) is 3.15. The molecule has 1 saturated carbocycles. The number of aliphatic hydroxyl groups excluding tert-OH is 1. The van der Waals surface area contributed by atoms with Crippen molar-refractivity contribution in [1.29, 1.82) is 0 Å². The fourth-order valence-corrected chi connectivity index (χ4v) is 2.14. The third-order valence-electron chi connectivity index (χ3n) is 3.15. The van der Waals surface area contributed by atoms with Gasteiger partial charge in [-0.15, -0.1) is 0 Å². The predicted molar refractivity (Wildman–Crippen MR) is 64.1 cm³/mol. The molecule has 3 N–H and O–H groups in total. The summed E-state index contributed by atoms with van der Waals surface area (Å²) in [4.78, 5) is 11.2. The zero-order chi connectivity index (χ0) is 11.8. The second-order valence-electron chi connectivity index (χ2n) is 4.58. The molecule has 1 rings (SSSR count). The van der Waals surface area contributed by atoms with Crippen LogP contribution in [0.5, 0.6) is 0 Å². The Kier molecular flexibility index (Phi) is 6.42. The third kappa shape index (κ3) is 5.47. The number of carbonyl (C=O) groups is 1. The van der Waals surface area contributed by atoms with Crippen LogP contribution in [0.3, 0.4) is 0 Å². The van der Waals surface area contributed by atoms with E-state index in [0.29, 0.717) is 18.9 Å². The summed E-state index contributed by atoms with van der Waals surface area (Å²) in [6.07, 6.45) is 4.56. The SMILES string of the molecule is CCNC(=O)CCNCC1CCC(O)CC1. The van der Waals surface area contributed by atoms with E-state index in [2.05, 4.69) is 10.6 Å². The highest BCUT2D eigenvalue weighted by Crippen LogP contribution is 2.23. The molecule has 94 valence electrons. The van der Waals surface area contributed by atoms with E-state index in [9.17, 15) is 9.90 Å². The average molecular weight is 228 g/mol. The molecular formula is C12H24N2O2. The smallest absolute Gasteiger partial charge is 0.221 e. The van der Waals surface area contributed by atoms with Crippen LogP contribution in [0.4, 0.5) is 0 Å². The van der Waals surface area contributed by atoms with E-state index in [-0.39, 0.29) is 12.0 Å². The predicted octanol–water partition coefficient (Wildman–Crippen LogP) is 0.653. The fraction of sp³-hybridized carbons (Fsp3) is 0.917. The van der Waals surface area contributed by atoms with Gasteiger partial charge in [0.1, 0.15) is 0 Å². The number of aliphatic hydroxyl groups is 1. The van der Waals surface area contributed by atoms with Crippen molar-refractivity contribution in [3.8, 4) is 0 Å². The zero-order valence-corrected chi connectivity index (χ0v) is 10.2. The monoisotopic (exact) mass is 228 g/mol. The van der Waals surface area contributed by atoms with Crippen LogP contribution in [0.1, 0.15) is 39.0 Å². The van der Waals surface area contributed by atoms with E-state index < -0.39 is 0 Å². The van der Waals surface area contributed by atoms with E-state index >= 15 is 0 Å². The van der Waals surface area contributed by atoms with Crippen molar-refractivity contribution in [3.63, 3.8) is 0 Å². The maximum atomic E-state index is 11.2. The van der Waals surface area contributed by atoms with Crippen LogP contribution >= 0.6 is 0 Å². The quantitative estimate of drug-likeness (QED) is 0.585. The summed E-state index contributed by atoms with van der Waals surface area (Å²) in [5, 5.41) is 15.5. The van der Waals surface area contributed by atoms with Gasteiger partial charge in [-0.2, -0.15) is 0 Å². The standard InChI is InChI=1S/C12H24N2O2/c1-2-14-12(16)7-8-13-9-10-3-5-11(15)6-4-10/h10-11,13,15H,2-9H2,1H3,(H,14,16). The summed E-state index contributed by atoms with van der Waals surface area (Å²) < 4.78 is 0. The summed E-state index contributed by atoms with van der Waals surface area (Å²) >= 11 is 0. The van der Waals surface area contributed by atoms with Gasteiger partial charge in [0.25, 0.3) is 0 Å². The van der Waals surface area contributed by atoms with Gasteiger partial charge < -0.3 is 15.7 Å². The van der Waals surface area contributed by atoms with Crippen LogP contribution < -0.4 is 10.6 Å². The Morgan fingerprint density at radius 1 is 1.31 bits per heavy atom. The van der Waals surface area contributed by atoms with Gasteiger partial charge in [-0.25, -0.2) is 0 Å². The second-order valence-corrected chi connectivity index (χ2v) is 4.58. The maximum absolute atomic E-state index is 11.2. The first-order valence-electron chi connectivity index (χ1n) is 6.37. The molecule has 0 saturated heterocycles. The summed E-state index contributed by atoms with van der Waals surface area (Å²) in [7, 11) is 0.